The fourth-order valence-electron chi connectivity index (χ4n) is 4.41. The number of fused-ring (bicyclic) bond motifs is 1. The van der Waals surface area contributed by atoms with Gasteiger partial charge in [0.2, 0.25) is 5.91 Å². The van der Waals surface area contributed by atoms with Gasteiger partial charge in [0, 0.05) is 19.0 Å². The van der Waals surface area contributed by atoms with E-state index in [4.69, 9.17) is 4.74 Å². The van der Waals surface area contributed by atoms with Gasteiger partial charge in [-0.1, -0.05) is 39.0 Å². The van der Waals surface area contributed by atoms with E-state index in [1.807, 2.05) is 49.9 Å². The second-order valence-electron chi connectivity index (χ2n) is 9.53. The minimum atomic E-state index is -0.595. The summed E-state index contributed by atoms with van der Waals surface area (Å²) in [4.78, 5) is 27.6. The minimum Gasteiger partial charge on any atom is -0.481 e. The Balaban J connectivity index is 1.64. The highest BCUT2D eigenvalue weighted by Gasteiger charge is 2.39. The van der Waals surface area contributed by atoms with E-state index in [0.717, 1.165) is 36.0 Å². The number of halogens is 1. The van der Waals surface area contributed by atoms with Crippen molar-refractivity contribution >= 4 is 11.8 Å². The molecule has 1 saturated carbocycles. The van der Waals surface area contributed by atoms with Crippen molar-refractivity contribution in [2.75, 3.05) is 13.1 Å². The van der Waals surface area contributed by atoms with Crippen LogP contribution in [0.25, 0.3) is 0 Å². The van der Waals surface area contributed by atoms with Crippen LogP contribution in [0.4, 0.5) is 4.39 Å². The molecule has 1 aliphatic heterocycles. The number of ether oxygens (including phenoxy) is 1. The predicted molar refractivity (Wildman–Crippen MR) is 125 cm³/mol. The Labute approximate surface area is 195 Å². The molecule has 33 heavy (non-hydrogen) atoms. The third-order valence-corrected chi connectivity index (χ3v) is 6.35. The van der Waals surface area contributed by atoms with Crippen LogP contribution >= 0.6 is 0 Å². The van der Waals surface area contributed by atoms with E-state index in [2.05, 4.69) is 5.32 Å². The van der Waals surface area contributed by atoms with Crippen molar-refractivity contribution in [3.63, 3.8) is 0 Å². The molecule has 1 fully saturated rings. The largest absolute Gasteiger partial charge is 0.481 e. The molecule has 0 unspecified atom stereocenters. The normalized spacial score (nSPS) is 18.6. The molecule has 0 saturated heterocycles. The van der Waals surface area contributed by atoms with Crippen LogP contribution in [0, 0.1) is 17.7 Å². The van der Waals surface area contributed by atoms with Crippen molar-refractivity contribution in [1.29, 1.82) is 0 Å². The Morgan fingerprint density at radius 3 is 2.64 bits per heavy atom. The summed E-state index contributed by atoms with van der Waals surface area (Å²) in [7, 11) is 0. The first-order valence-corrected chi connectivity index (χ1v) is 12.0. The van der Waals surface area contributed by atoms with Crippen molar-refractivity contribution in [3.05, 3.63) is 65.0 Å². The molecule has 2 amide bonds. The molecule has 6 heteroatoms. The van der Waals surface area contributed by atoms with E-state index in [1.165, 1.54) is 12.1 Å². The SMILES string of the molecule is CC[C@H](Oc1ccc2c(c1)[C@@H](c1cccc(F)c1)N(C(=O)C1CC1)CC2)C(=O)NCC(C)C. The van der Waals surface area contributed by atoms with Crippen LogP contribution in [0.2, 0.25) is 0 Å². The molecule has 4 rings (SSSR count). The summed E-state index contributed by atoms with van der Waals surface area (Å²) in [5, 5.41) is 2.94. The molecule has 176 valence electrons. The third-order valence-electron chi connectivity index (χ3n) is 6.35. The molecule has 1 N–H and O–H groups in total. The predicted octanol–water partition coefficient (Wildman–Crippen LogP) is 4.64. The van der Waals surface area contributed by atoms with E-state index >= 15 is 0 Å². The summed E-state index contributed by atoms with van der Waals surface area (Å²) in [6, 6.07) is 11.9. The second kappa shape index (κ2) is 9.94. The number of nitrogens with one attached hydrogen (secondary N) is 1. The van der Waals surface area contributed by atoms with Gasteiger partial charge < -0.3 is 15.0 Å². The van der Waals surface area contributed by atoms with Crippen LogP contribution in [-0.2, 0) is 16.0 Å². The lowest BCUT2D eigenvalue weighted by molar-refractivity contribution is -0.134. The number of carbonyl (C=O) groups excluding carboxylic acids is 2. The fraction of sp³-hybridized carbons (Fsp3) is 0.481. The molecule has 0 aromatic heterocycles. The zero-order valence-corrected chi connectivity index (χ0v) is 19.6. The second-order valence-corrected chi connectivity index (χ2v) is 9.53. The van der Waals surface area contributed by atoms with E-state index in [0.29, 0.717) is 31.2 Å². The van der Waals surface area contributed by atoms with Gasteiger partial charge in [0.25, 0.3) is 5.91 Å². The van der Waals surface area contributed by atoms with Gasteiger partial charge >= 0.3 is 0 Å². The lowest BCUT2D eigenvalue weighted by atomic mass is 9.87. The van der Waals surface area contributed by atoms with E-state index < -0.39 is 6.10 Å². The smallest absolute Gasteiger partial charge is 0.261 e. The van der Waals surface area contributed by atoms with Crippen molar-refractivity contribution in [3.8, 4) is 5.75 Å². The Morgan fingerprint density at radius 1 is 1.18 bits per heavy atom. The van der Waals surface area contributed by atoms with Gasteiger partial charge in [0.05, 0.1) is 6.04 Å². The third kappa shape index (κ3) is 5.37. The summed E-state index contributed by atoms with van der Waals surface area (Å²) in [5.41, 5.74) is 2.81. The summed E-state index contributed by atoms with van der Waals surface area (Å²) < 4.78 is 20.2. The van der Waals surface area contributed by atoms with Gasteiger partial charge in [-0.2, -0.15) is 0 Å². The standard InChI is InChI=1S/C27H33FN2O3/c1-4-24(26(31)29-16-17(2)3)33-22-11-10-18-12-13-30(27(32)19-8-9-19)25(23(18)15-22)20-6-5-7-21(28)14-20/h5-7,10-11,14-15,17,19,24-25H,4,8-9,12-13,16H2,1-3H3,(H,29,31)/t24-,25+/m0/s1. The van der Waals surface area contributed by atoms with Crippen LogP contribution < -0.4 is 10.1 Å². The molecule has 2 aromatic carbocycles. The zero-order valence-electron chi connectivity index (χ0n) is 19.6. The van der Waals surface area contributed by atoms with Gasteiger partial charge in [0.1, 0.15) is 11.6 Å². The average Bonchev–Trinajstić information content (AvgIpc) is 3.65. The van der Waals surface area contributed by atoms with E-state index in [-0.39, 0.29) is 29.6 Å². The van der Waals surface area contributed by atoms with Crippen molar-refractivity contribution in [2.45, 2.75) is 58.6 Å². The molecule has 2 aromatic rings. The van der Waals surface area contributed by atoms with Gasteiger partial charge in [-0.25, -0.2) is 4.39 Å². The first kappa shape index (κ1) is 23.3. The molecule has 2 aliphatic rings. The molecule has 1 heterocycles. The number of amides is 2. The molecular formula is C27H33FN2O3. The number of rotatable bonds is 8. The van der Waals surface area contributed by atoms with Gasteiger partial charge in [-0.3, -0.25) is 9.59 Å². The molecule has 0 spiro atoms. The van der Waals surface area contributed by atoms with Crippen LogP contribution in [0.3, 0.4) is 0 Å². The van der Waals surface area contributed by atoms with Crippen molar-refractivity contribution < 1.29 is 18.7 Å². The zero-order chi connectivity index (χ0) is 23.5. The Hall–Kier alpha value is -2.89. The van der Waals surface area contributed by atoms with Gasteiger partial charge in [0.15, 0.2) is 6.10 Å². The number of benzene rings is 2. The molecule has 2 atom stereocenters. The molecular weight excluding hydrogens is 419 g/mol. The first-order chi connectivity index (χ1) is 15.9. The number of hydrogen-bond acceptors (Lipinski definition) is 3. The minimum absolute atomic E-state index is 0.0798. The summed E-state index contributed by atoms with van der Waals surface area (Å²) in [6.45, 7) is 7.23. The number of carbonyl (C=O) groups is 2. The number of hydrogen-bond donors (Lipinski definition) is 1. The monoisotopic (exact) mass is 452 g/mol. The number of nitrogens with zero attached hydrogens (tertiary/aromatic N) is 1. The lowest BCUT2D eigenvalue weighted by Crippen LogP contribution is -2.41. The first-order valence-electron chi connectivity index (χ1n) is 12.0. The molecule has 1 aliphatic carbocycles. The van der Waals surface area contributed by atoms with Gasteiger partial charge in [-0.05, 0) is 72.6 Å². The highest BCUT2D eigenvalue weighted by Crippen LogP contribution is 2.41. The highest BCUT2D eigenvalue weighted by molar-refractivity contribution is 5.82. The van der Waals surface area contributed by atoms with Crippen molar-refractivity contribution in [2.24, 2.45) is 11.8 Å². The topological polar surface area (TPSA) is 58.6 Å². The molecule has 0 bridgehead atoms. The maximum Gasteiger partial charge on any atom is 0.261 e. The maximum absolute atomic E-state index is 14.1. The lowest BCUT2D eigenvalue weighted by Gasteiger charge is -2.38. The van der Waals surface area contributed by atoms with Crippen LogP contribution in [0.15, 0.2) is 42.5 Å². The fourth-order valence-corrected chi connectivity index (χ4v) is 4.41. The molecule has 5 nitrogen and oxygen atoms in total. The van der Waals surface area contributed by atoms with Crippen molar-refractivity contribution in [1.82, 2.24) is 10.2 Å². The van der Waals surface area contributed by atoms with Gasteiger partial charge in [-0.15, -0.1) is 0 Å². The highest BCUT2D eigenvalue weighted by atomic mass is 19.1. The Bertz CT molecular complexity index is 1020. The van der Waals surface area contributed by atoms with Crippen LogP contribution in [0.5, 0.6) is 5.75 Å². The Morgan fingerprint density at radius 2 is 1.97 bits per heavy atom. The maximum atomic E-state index is 14.1. The Kier molecular flexibility index (Phi) is 7.01. The van der Waals surface area contributed by atoms with E-state index in [9.17, 15) is 14.0 Å². The van der Waals surface area contributed by atoms with Crippen LogP contribution in [0.1, 0.15) is 62.8 Å². The summed E-state index contributed by atoms with van der Waals surface area (Å²) >= 11 is 0. The van der Waals surface area contributed by atoms with Crippen LogP contribution in [-0.4, -0.2) is 35.9 Å². The summed E-state index contributed by atoms with van der Waals surface area (Å²) in [6.07, 6.45) is 2.53. The average molecular weight is 453 g/mol. The quantitative estimate of drug-likeness (QED) is 0.635. The molecule has 0 radical (unpaired) electrons. The van der Waals surface area contributed by atoms with E-state index in [1.54, 1.807) is 6.07 Å². The summed E-state index contributed by atoms with van der Waals surface area (Å²) in [5.74, 6) is 0.714.